The molecule has 0 aromatic carbocycles. The molecule has 2 N–H and O–H groups in total. The molecule has 72 valence electrons. The molecule has 0 radical (unpaired) electrons. The van der Waals surface area contributed by atoms with Crippen molar-refractivity contribution in [2.45, 2.75) is 45.7 Å². The van der Waals surface area contributed by atoms with Gasteiger partial charge in [-0.15, -0.1) is 0 Å². The van der Waals surface area contributed by atoms with Crippen LogP contribution in [0.5, 0.6) is 0 Å². The van der Waals surface area contributed by atoms with E-state index in [0.29, 0.717) is 0 Å². The summed E-state index contributed by atoms with van der Waals surface area (Å²) in [6.45, 7) is 9.39. The minimum atomic E-state index is -0.776. The molecular weight excluding hydrogens is 152 g/mol. The highest BCUT2D eigenvalue weighted by Crippen LogP contribution is 2.14. The molecule has 0 aliphatic carbocycles. The fourth-order valence-electron chi connectivity index (χ4n) is 0.737. The summed E-state index contributed by atoms with van der Waals surface area (Å²) in [7, 11) is 1.77. The summed E-state index contributed by atoms with van der Waals surface area (Å²) in [5, 5.41) is 0. The van der Waals surface area contributed by atoms with Gasteiger partial charge in [0.05, 0.1) is 5.54 Å². The Morgan fingerprint density at radius 2 is 1.50 bits per heavy atom. The smallest absolute Gasteiger partial charge is 0.242 e. The number of nitrogens with zero attached hydrogens (tertiary/aromatic N) is 1. The van der Waals surface area contributed by atoms with E-state index in [1.807, 2.05) is 20.8 Å². The Hall–Kier alpha value is -0.570. The lowest BCUT2D eigenvalue weighted by Crippen LogP contribution is -2.55. The molecule has 0 unspecified atom stereocenters. The molecule has 0 saturated heterocycles. The number of carbonyl (C=O) groups is 1. The van der Waals surface area contributed by atoms with Crippen molar-refractivity contribution < 1.29 is 4.79 Å². The minimum Gasteiger partial charge on any atom is -0.339 e. The van der Waals surface area contributed by atoms with Gasteiger partial charge < -0.3 is 10.6 Å². The summed E-state index contributed by atoms with van der Waals surface area (Å²) in [5.41, 5.74) is 4.75. The van der Waals surface area contributed by atoms with E-state index < -0.39 is 5.54 Å². The Bertz CT molecular complexity index is 174. The molecule has 0 fully saturated rings. The van der Waals surface area contributed by atoms with Crippen molar-refractivity contribution in [2.75, 3.05) is 7.05 Å². The van der Waals surface area contributed by atoms with Gasteiger partial charge in [0.1, 0.15) is 0 Å². The largest absolute Gasteiger partial charge is 0.339 e. The van der Waals surface area contributed by atoms with E-state index in [4.69, 9.17) is 5.73 Å². The van der Waals surface area contributed by atoms with E-state index >= 15 is 0 Å². The molecule has 0 saturated carbocycles. The fourth-order valence-corrected chi connectivity index (χ4v) is 0.737. The molecule has 12 heavy (non-hydrogen) atoms. The Kier molecular flexibility index (Phi) is 2.91. The molecular formula is C9H20N2O. The summed E-state index contributed by atoms with van der Waals surface area (Å²) in [4.78, 5) is 13.3. The Balaban J connectivity index is 4.53. The van der Waals surface area contributed by atoms with Gasteiger partial charge in [0.25, 0.3) is 0 Å². The van der Waals surface area contributed by atoms with Crippen LogP contribution in [0.4, 0.5) is 0 Å². The van der Waals surface area contributed by atoms with Crippen molar-refractivity contribution in [1.82, 2.24) is 4.90 Å². The number of likely N-dealkylation sites (N-methyl/N-ethyl adjacent to an activating group) is 1. The second-order valence-corrected chi connectivity index (χ2v) is 4.76. The zero-order valence-electron chi connectivity index (χ0n) is 8.93. The van der Waals surface area contributed by atoms with Gasteiger partial charge in [-0.05, 0) is 34.6 Å². The van der Waals surface area contributed by atoms with Crippen LogP contribution in [0, 0.1) is 0 Å². The van der Waals surface area contributed by atoms with Gasteiger partial charge >= 0.3 is 0 Å². The Morgan fingerprint density at radius 3 is 1.58 bits per heavy atom. The van der Waals surface area contributed by atoms with Gasteiger partial charge in [-0.25, -0.2) is 0 Å². The van der Waals surface area contributed by atoms with Gasteiger partial charge in [-0.2, -0.15) is 0 Å². The van der Waals surface area contributed by atoms with Crippen molar-refractivity contribution in [3.63, 3.8) is 0 Å². The lowest BCUT2D eigenvalue weighted by Gasteiger charge is -2.36. The predicted molar refractivity (Wildman–Crippen MR) is 50.8 cm³/mol. The van der Waals surface area contributed by atoms with Gasteiger partial charge in [0, 0.05) is 12.6 Å². The zero-order valence-corrected chi connectivity index (χ0v) is 8.93. The number of nitrogens with two attached hydrogens (primary N) is 1. The van der Waals surface area contributed by atoms with Crippen LogP contribution < -0.4 is 5.73 Å². The molecule has 3 nitrogen and oxygen atoms in total. The van der Waals surface area contributed by atoms with Gasteiger partial charge in [0.15, 0.2) is 0 Å². The monoisotopic (exact) mass is 172 g/mol. The average molecular weight is 172 g/mol. The van der Waals surface area contributed by atoms with Gasteiger partial charge in [-0.1, -0.05) is 0 Å². The van der Waals surface area contributed by atoms with E-state index in [2.05, 4.69) is 0 Å². The van der Waals surface area contributed by atoms with E-state index in [1.165, 1.54) is 0 Å². The predicted octanol–water partition coefficient (Wildman–Crippen LogP) is 0.981. The van der Waals surface area contributed by atoms with Crippen LogP contribution in [-0.4, -0.2) is 28.9 Å². The number of rotatable bonds is 1. The molecule has 0 heterocycles. The molecule has 0 aliphatic heterocycles. The second kappa shape index (κ2) is 3.05. The van der Waals surface area contributed by atoms with Crippen molar-refractivity contribution >= 4 is 5.91 Å². The normalized spacial score (nSPS) is 12.9. The maximum atomic E-state index is 11.6. The molecule has 0 aromatic heterocycles. The minimum absolute atomic E-state index is 0.0324. The molecule has 0 rings (SSSR count). The van der Waals surface area contributed by atoms with Gasteiger partial charge in [0.2, 0.25) is 5.91 Å². The maximum Gasteiger partial charge on any atom is 0.242 e. The van der Waals surface area contributed by atoms with Gasteiger partial charge in [-0.3, -0.25) is 4.79 Å². The van der Waals surface area contributed by atoms with Crippen LogP contribution in [0.1, 0.15) is 34.6 Å². The third-order valence-electron chi connectivity index (χ3n) is 1.86. The first-order chi connectivity index (χ1) is 5.07. The SMILES string of the molecule is CN(C(=O)C(C)(C)N)C(C)(C)C. The quantitative estimate of drug-likeness (QED) is 0.641. The van der Waals surface area contributed by atoms with Crippen LogP contribution in [0.15, 0.2) is 0 Å². The lowest BCUT2D eigenvalue weighted by atomic mass is 10.0. The lowest BCUT2D eigenvalue weighted by molar-refractivity contribution is -0.138. The first-order valence-electron chi connectivity index (χ1n) is 4.14. The first kappa shape index (κ1) is 11.4. The Labute approximate surface area is 74.9 Å². The number of hydrogen-bond donors (Lipinski definition) is 1. The Morgan fingerprint density at radius 1 is 1.17 bits per heavy atom. The highest BCUT2D eigenvalue weighted by atomic mass is 16.2. The summed E-state index contributed by atoms with van der Waals surface area (Å²) < 4.78 is 0. The molecule has 0 bridgehead atoms. The van der Waals surface area contributed by atoms with Crippen LogP contribution in [-0.2, 0) is 4.79 Å². The summed E-state index contributed by atoms with van der Waals surface area (Å²) in [6, 6.07) is 0. The van der Waals surface area contributed by atoms with Crippen molar-refractivity contribution in [3.8, 4) is 0 Å². The fraction of sp³-hybridized carbons (Fsp3) is 0.889. The maximum absolute atomic E-state index is 11.6. The van der Waals surface area contributed by atoms with Crippen LogP contribution in [0.3, 0.4) is 0 Å². The molecule has 1 amide bonds. The molecule has 0 aliphatic rings. The number of amides is 1. The summed E-state index contributed by atoms with van der Waals surface area (Å²) in [6.07, 6.45) is 0. The van der Waals surface area contributed by atoms with Crippen LogP contribution >= 0.6 is 0 Å². The molecule has 0 aromatic rings. The number of carbonyl (C=O) groups excluding carboxylic acids is 1. The summed E-state index contributed by atoms with van der Waals surface area (Å²) >= 11 is 0. The van der Waals surface area contributed by atoms with E-state index in [-0.39, 0.29) is 11.4 Å². The topological polar surface area (TPSA) is 46.3 Å². The van der Waals surface area contributed by atoms with Crippen LogP contribution in [0.25, 0.3) is 0 Å². The van der Waals surface area contributed by atoms with E-state index in [1.54, 1.807) is 25.8 Å². The first-order valence-corrected chi connectivity index (χ1v) is 4.14. The highest BCUT2D eigenvalue weighted by molar-refractivity contribution is 5.85. The zero-order chi connectivity index (χ0) is 10.2. The summed E-state index contributed by atoms with van der Waals surface area (Å²) in [5.74, 6) is -0.0324. The third-order valence-corrected chi connectivity index (χ3v) is 1.86. The average Bonchev–Trinajstić information content (AvgIpc) is 1.80. The van der Waals surface area contributed by atoms with Crippen LogP contribution in [0.2, 0.25) is 0 Å². The third kappa shape index (κ3) is 2.81. The van der Waals surface area contributed by atoms with Crippen molar-refractivity contribution in [1.29, 1.82) is 0 Å². The molecule has 0 spiro atoms. The van der Waals surface area contributed by atoms with E-state index in [9.17, 15) is 4.79 Å². The van der Waals surface area contributed by atoms with Crippen molar-refractivity contribution in [3.05, 3.63) is 0 Å². The highest BCUT2D eigenvalue weighted by Gasteiger charge is 2.31. The number of hydrogen-bond acceptors (Lipinski definition) is 2. The standard InChI is InChI=1S/C9H20N2O/c1-8(2,3)11(6)7(12)9(4,5)10/h10H2,1-6H3. The second-order valence-electron chi connectivity index (χ2n) is 4.76. The van der Waals surface area contributed by atoms with Crippen molar-refractivity contribution in [2.24, 2.45) is 5.73 Å². The molecule has 3 heteroatoms. The van der Waals surface area contributed by atoms with E-state index in [0.717, 1.165) is 0 Å². The molecule has 0 atom stereocenters.